The molecule has 4 heteroatoms. The van der Waals surface area contributed by atoms with Crippen molar-refractivity contribution >= 4 is 17.0 Å². The van der Waals surface area contributed by atoms with Crippen LogP contribution in [-0.4, -0.2) is 14.5 Å². The number of imidazole rings is 1. The molecule has 14 heavy (non-hydrogen) atoms. The zero-order chi connectivity index (χ0) is 10.1. The normalized spacial score (nSPS) is 11.4. The summed E-state index contributed by atoms with van der Waals surface area (Å²) >= 11 is 0. The number of fused-ring (bicyclic) bond motifs is 1. The zero-order valence-corrected chi connectivity index (χ0v) is 8.44. The average molecular weight is 190 g/mol. The van der Waals surface area contributed by atoms with E-state index in [0.717, 1.165) is 17.6 Å². The van der Waals surface area contributed by atoms with Gasteiger partial charge in [-0.15, -0.1) is 0 Å². The van der Waals surface area contributed by atoms with Crippen molar-refractivity contribution in [3.8, 4) is 0 Å². The smallest absolute Gasteiger partial charge is 0.201 e. The molecular weight excluding hydrogens is 176 g/mol. The minimum atomic E-state index is 0.558. The minimum absolute atomic E-state index is 0.558. The first-order valence-corrected chi connectivity index (χ1v) is 4.74. The summed E-state index contributed by atoms with van der Waals surface area (Å²) < 4.78 is 2.03. The Labute approximate surface area is 82.8 Å². The maximum absolute atomic E-state index is 5.83. The van der Waals surface area contributed by atoms with Crippen LogP contribution < -0.4 is 5.73 Å². The molecular formula is C10H14N4. The third kappa shape index (κ3) is 1.43. The maximum Gasteiger partial charge on any atom is 0.201 e. The Morgan fingerprint density at radius 3 is 3.00 bits per heavy atom. The van der Waals surface area contributed by atoms with Crippen LogP contribution in [0, 0.1) is 5.92 Å². The van der Waals surface area contributed by atoms with Gasteiger partial charge in [0.1, 0.15) is 5.52 Å². The van der Waals surface area contributed by atoms with Crippen LogP contribution in [0.2, 0.25) is 0 Å². The van der Waals surface area contributed by atoms with Crippen LogP contribution in [0.1, 0.15) is 13.8 Å². The summed E-state index contributed by atoms with van der Waals surface area (Å²) in [5.74, 6) is 1.13. The monoisotopic (exact) mass is 190 g/mol. The molecule has 0 saturated carbocycles. The minimum Gasteiger partial charge on any atom is -0.369 e. The first-order chi connectivity index (χ1) is 6.68. The van der Waals surface area contributed by atoms with Gasteiger partial charge in [-0.05, 0) is 12.0 Å². The molecule has 0 radical (unpaired) electrons. The van der Waals surface area contributed by atoms with E-state index in [1.165, 1.54) is 0 Å². The Bertz CT molecular complexity index is 444. The fourth-order valence-corrected chi connectivity index (χ4v) is 1.56. The number of nitrogens with two attached hydrogens (primary N) is 1. The van der Waals surface area contributed by atoms with E-state index >= 15 is 0 Å². The molecule has 0 spiro atoms. The lowest BCUT2D eigenvalue weighted by atomic mass is 10.2. The number of nitrogen functional groups attached to an aromatic ring is 1. The molecule has 0 aliphatic rings. The molecule has 0 bridgehead atoms. The van der Waals surface area contributed by atoms with Crippen LogP contribution >= 0.6 is 0 Å². The van der Waals surface area contributed by atoms with Gasteiger partial charge in [0.2, 0.25) is 5.95 Å². The van der Waals surface area contributed by atoms with Crippen molar-refractivity contribution in [1.82, 2.24) is 14.5 Å². The second-order valence-corrected chi connectivity index (χ2v) is 3.84. The Balaban J connectivity index is 2.56. The first kappa shape index (κ1) is 8.99. The summed E-state index contributed by atoms with van der Waals surface area (Å²) in [5.41, 5.74) is 7.75. The fraction of sp³-hybridized carbons (Fsp3) is 0.400. The second kappa shape index (κ2) is 3.29. The predicted octanol–water partition coefficient (Wildman–Crippen LogP) is 1.67. The van der Waals surface area contributed by atoms with Gasteiger partial charge in [0, 0.05) is 12.7 Å². The average Bonchev–Trinajstić information content (AvgIpc) is 2.43. The molecule has 4 nitrogen and oxygen atoms in total. The van der Waals surface area contributed by atoms with Crippen molar-refractivity contribution in [2.45, 2.75) is 20.4 Å². The SMILES string of the molecule is CC(C)Cn1c(N)nc2cnccc21. The lowest BCUT2D eigenvalue weighted by Crippen LogP contribution is -2.07. The van der Waals surface area contributed by atoms with E-state index in [0.29, 0.717) is 11.9 Å². The van der Waals surface area contributed by atoms with Crippen molar-refractivity contribution in [3.63, 3.8) is 0 Å². The number of hydrogen-bond acceptors (Lipinski definition) is 3. The van der Waals surface area contributed by atoms with Crippen molar-refractivity contribution in [2.24, 2.45) is 5.92 Å². The summed E-state index contributed by atoms with van der Waals surface area (Å²) in [4.78, 5) is 8.26. The van der Waals surface area contributed by atoms with Crippen LogP contribution in [0.25, 0.3) is 11.0 Å². The number of nitrogens with zero attached hydrogens (tertiary/aromatic N) is 3. The zero-order valence-electron chi connectivity index (χ0n) is 8.44. The van der Waals surface area contributed by atoms with Crippen LogP contribution in [0.3, 0.4) is 0 Å². The van der Waals surface area contributed by atoms with Crippen LogP contribution in [0.15, 0.2) is 18.5 Å². The summed E-state index contributed by atoms with van der Waals surface area (Å²) in [6.45, 7) is 5.21. The number of pyridine rings is 1. The highest BCUT2D eigenvalue weighted by molar-refractivity contribution is 5.76. The molecule has 2 heterocycles. The lowest BCUT2D eigenvalue weighted by Gasteiger charge is -2.08. The van der Waals surface area contributed by atoms with E-state index in [1.807, 2.05) is 10.6 Å². The Morgan fingerprint density at radius 1 is 1.50 bits per heavy atom. The van der Waals surface area contributed by atoms with Gasteiger partial charge < -0.3 is 10.3 Å². The van der Waals surface area contributed by atoms with Gasteiger partial charge in [0.25, 0.3) is 0 Å². The van der Waals surface area contributed by atoms with E-state index in [4.69, 9.17) is 5.73 Å². The van der Waals surface area contributed by atoms with Gasteiger partial charge in [-0.2, -0.15) is 0 Å². The van der Waals surface area contributed by atoms with E-state index in [1.54, 1.807) is 12.4 Å². The van der Waals surface area contributed by atoms with E-state index < -0.39 is 0 Å². The van der Waals surface area contributed by atoms with Crippen molar-refractivity contribution in [2.75, 3.05) is 5.73 Å². The molecule has 2 N–H and O–H groups in total. The van der Waals surface area contributed by atoms with Gasteiger partial charge in [-0.3, -0.25) is 4.98 Å². The van der Waals surface area contributed by atoms with Gasteiger partial charge in [-0.25, -0.2) is 4.98 Å². The first-order valence-electron chi connectivity index (χ1n) is 4.74. The fourth-order valence-electron chi connectivity index (χ4n) is 1.56. The van der Waals surface area contributed by atoms with Crippen molar-refractivity contribution in [1.29, 1.82) is 0 Å². The molecule has 0 aromatic carbocycles. The van der Waals surface area contributed by atoms with Crippen molar-refractivity contribution < 1.29 is 0 Å². The lowest BCUT2D eigenvalue weighted by molar-refractivity contribution is 0.538. The van der Waals surface area contributed by atoms with Crippen LogP contribution in [0.4, 0.5) is 5.95 Å². The second-order valence-electron chi connectivity index (χ2n) is 3.84. The molecule has 2 rings (SSSR count). The van der Waals surface area contributed by atoms with Gasteiger partial charge >= 0.3 is 0 Å². The molecule has 0 aliphatic heterocycles. The summed E-state index contributed by atoms with van der Waals surface area (Å²) in [7, 11) is 0. The molecule has 2 aromatic rings. The standard InChI is InChI=1S/C10H14N4/c1-7(2)6-14-9-3-4-12-5-8(9)13-10(14)11/h3-5,7H,6H2,1-2H3,(H2,11,13). The van der Waals surface area contributed by atoms with Crippen LogP contribution in [0.5, 0.6) is 0 Å². The van der Waals surface area contributed by atoms with Gasteiger partial charge in [0.15, 0.2) is 0 Å². The third-order valence-electron chi connectivity index (χ3n) is 2.13. The molecule has 0 unspecified atom stereocenters. The van der Waals surface area contributed by atoms with E-state index in [9.17, 15) is 0 Å². The molecule has 0 aliphatic carbocycles. The van der Waals surface area contributed by atoms with Crippen molar-refractivity contribution in [3.05, 3.63) is 18.5 Å². The van der Waals surface area contributed by atoms with Crippen LogP contribution in [-0.2, 0) is 6.54 Å². The molecule has 0 fully saturated rings. The topological polar surface area (TPSA) is 56.7 Å². The highest BCUT2D eigenvalue weighted by Gasteiger charge is 2.08. The highest BCUT2D eigenvalue weighted by Crippen LogP contribution is 2.17. The van der Waals surface area contributed by atoms with E-state index in [-0.39, 0.29) is 0 Å². The third-order valence-corrected chi connectivity index (χ3v) is 2.13. The maximum atomic E-state index is 5.83. The number of rotatable bonds is 2. The summed E-state index contributed by atoms with van der Waals surface area (Å²) in [6.07, 6.45) is 3.50. The Kier molecular flexibility index (Phi) is 2.11. The number of aromatic nitrogens is 3. The molecule has 2 aromatic heterocycles. The van der Waals surface area contributed by atoms with Gasteiger partial charge in [0.05, 0.1) is 11.7 Å². The van der Waals surface area contributed by atoms with Gasteiger partial charge in [-0.1, -0.05) is 13.8 Å². The molecule has 74 valence electrons. The predicted molar refractivity (Wildman–Crippen MR) is 56.8 cm³/mol. The molecule has 0 amide bonds. The Morgan fingerprint density at radius 2 is 2.29 bits per heavy atom. The largest absolute Gasteiger partial charge is 0.369 e. The summed E-state index contributed by atoms with van der Waals surface area (Å²) in [6, 6.07) is 1.95. The summed E-state index contributed by atoms with van der Waals surface area (Å²) in [5, 5.41) is 0. The van der Waals surface area contributed by atoms with E-state index in [2.05, 4.69) is 23.8 Å². The number of hydrogen-bond donors (Lipinski definition) is 1. The molecule has 0 saturated heterocycles. The quantitative estimate of drug-likeness (QED) is 0.783. The molecule has 0 atom stereocenters. The highest BCUT2D eigenvalue weighted by atomic mass is 15.2. The number of anilines is 1. The Hall–Kier alpha value is -1.58.